The van der Waals surface area contributed by atoms with Crippen LogP contribution >= 0.6 is 0 Å². The van der Waals surface area contributed by atoms with E-state index < -0.39 is 21.7 Å². The molecule has 2 aliphatic rings. The smallest absolute Gasteiger partial charge is 0.306 e. The quantitative estimate of drug-likeness (QED) is 0.752. The molecule has 1 heterocycles. The van der Waals surface area contributed by atoms with Gasteiger partial charge in [-0.15, -0.1) is 0 Å². The first kappa shape index (κ1) is 18.2. The van der Waals surface area contributed by atoms with Crippen LogP contribution in [0.4, 0.5) is 0 Å². The summed E-state index contributed by atoms with van der Waals surface area (Å²) >= 11 is 0. The molecule has 3 atom stereocenters. The lowest BCUT2D eigenvalue weighted by Crippen LogP contribution is -2.47. The van der Waals surface area contributed by atoms with Crippen molar-refractivity contribution in [3.63, 3.8) is 0 Å². The Morgan fingerprint density at radius 3 is 2.48 bits per heavy atom. The molecule has 2 rings (SSSR count). The molecular weight excluding hydrogens is 322 g/mol. The Kier molecular flexibility index (Phi) is 6.02. The molecule has 1 saturated heterocycles. The van der Waals surface area contributed by atoms with E-state index in [0.717, 1.165) is 0 Å². The van der Waals surface area contributed by atoms with E-state index in [1.54, 1.807) is 4.90 Å². The summed E-state index contributed by atoms with van der Waals surface area (Å²) in [6, 6.07) is -0.312. The summed E-state index contributed by atoms with van der Waals surface area (Å²) in [6.45, 7) is 0.696. The van der Waals surface area contributed by atoms with Gasteiger partial charge >= 0.3 is 5.97 Å². The van der Waals surface area contributed by atoms with E-state index in [0.29, 0.717) is 45.3 Å². The lowest BCUT2D eigenvalue weighted by molar-refractivity contribution is -0.146. The number of carboxylic acids is 1. The third kappa shape index (κ3) is 4.67. The van der Waals surface area contributed by atoms with Gasteiger partial charge < -0.3 is 14.7 Å². The average Bonchev–Trinajstić information content (AvgIpc) is 2.87. The minimum absolute atomic E-state index is 0.00245. The van der Waals surface area contributed by atoms with Crippen molar-refractivity contribution >= 4 is 21.7 Å². The molecule has 0 bridgehead atoms. The SMILES string of the molecule is COCCN(C(=O)C1CCCC(C(=O)O)C1)C1CCS(=O)(=O)C1. The Morgan fingerprint density at radius 1 is 1.22 bits per heavy atom. The number of nitrogens with zero attached hydrogens (tertiary/aromatic N) is 1. The predicted octanol–water partition coefficient (Wildman–Crippen LogP) is 0.540. The van der Waals surface area contributed by atoms with Crippen LogP contribution in [-0.2, 0) is 24.2 Å². The van der Waals surface area contributed by atoms with Gasteiger partial charge in [-0.25, -0.2) is 8.42 Å². The van der Waals surface area contributed by atoms with E-state index >= 15 is 0 Å². The Hall–Kier alpha value is -1.15. The molecule has 1 N–H and O–H groups in total. The Labute approximate surface area is 136 Å². The van der Waals surface area contributed by atoms with E-state index in [4.69, 9.17) is 4.74 Å². The molecule has 7 nitrogen and oxygen atoms in total. The summed E-state index contributed by atoms with van der Waals surface area (Å²) in [5, 5.41) is 9.17. The third-order valence-electron chi connectivity index (χ3n) is 4.84. The Balaban J connectivity index is 2.08. The standard InChI is InChI=1S/C15H25NO6S/c1-22-7-6-16(13-5-8-23(20,21)10-13)14(17)11-3-2-4-12(9-11)15(18)19/h11-13H,2-10H2,1H3,(H,18,19). The van der Waals surface area contributed by atoms with Gasteiger partial charge in [0, 0.05) is 25.6 Å². The summed E-state index contributed by atoms with van der Waals surface area (Å²) in [5.74, 6) is -1.67. The fraction of sp³-hybridized carbons (Fsp3) is 0.867. The van der Waals surface area contributed by atoms with Gasteiger partial charge in [0.1, 0.15) is 0 Å². The highest BCUT2D eigenvalue weighted by Crippen LogP contribution is 2.32. The zero-order valence-corrected chi connectivity index (χ0v) is 14.3. The lowest BCUT2D eigenvalue weighted by atomic mass is 9.80. The van der Waals surface area contributed by atoms with Gasteiger partial charge in [0.15, 0.2) is 9.84 Å². The molecule has 0 radical (unpaired) electrons. The maximum absolute atomic E-state index is 12.9. The zero-order chi connectivity index (χ0) is 17.0. The maximum Gasteiger partial charge on any atom is 0.306 e. The number of ether oxygens (including phenoxy) is 1. The molecule has 23 heavy (non-hydrogen) atoms. The monoisotopic (exact) mass is 347 g/mol. The summed E-state index contributed by atoms with van der Waals surface area (Å²) in [7, 11) is -1.55. The summed E-state index contributed by atoms with van der Waals surface area (Å²) in [5.41, 5.74) is 0. The zero-order valence-electron chi connectivity index (χ0n) is 13.4. The van der Waals surface area contributed by atoms with Crippen molar-refractivity contribution in [1.82, 2.24) is 4.90 Å². The Morgan fingerprint density at radius 2 is 1.91 bits per heavy atom. The summed E-state index contributed by atoms with van der Waals surface area (Å²) < 4.78 is 28.5. The highest BCUT2D eigenvalue weighted by atomic mass is 32.2. The number of carbonyl (C=O) groups excluding carboxylic acids is 1. The molecule has 3 unspecified atom stereocenters. The van der Waals surface area contributed by atoms with Gasteiger partial charge in [-0.3, -0.25) is 9.59 Å². The van der Waals surface area contributed by atoms with E-state index in [2.05, 4.69) is 0 Å². The number of aliphatic carboxylic acids is 1. The molecule has 1 saturated carbocycles. The van der Waals surface area contributed by atoms with Crippen molar-refractivity contribution in [3.8, 4) is 0 Å². The highest BCUT2D eigenvalue weighted by molar-refractivity contribution is 7.91. The van der Waals surface area contributed by atoms with Gasteiger partial charge in [0.25, 0.3) is 0 Å². The molecule has 132 valence electrons. The number of carboxylic acid groups (broad SMARTS) is 1. The van der Waals surface area contributed by atoms with Crippen LogP contribution in [0.2, 0.25) is 0 Å². The second-order valence-corrected chi connectivity index (χ2v) is 8.71. The molecule has 1 amide bonds. The van der Waals surface area contributed by atoms with E-state index in [-0.39, 0.29) is 29.4 Å². The van der Waals surface area contributed by atoms with Gasteiger partial charge in [-0.2, -0.15) is 0 Å². The molecular formula is C15H25NO6S. The van der Waals surface area contributed by atoms with Crippen LogP contribution in [0.1, 0.15) is 32.1 Å². The van der Waals surface area contributed by atoms with Crippen LogP contribution in [0.5, 0.6) is 0 Å². The minimum atomic E-state index is -3.08. The number of rotatable bonds is 6. The molecule has 0 aromatic carbocycles. The van der Waals surface area contributed by atoms with Crippen LogP contribution in [0.25, 0.3) is 0 Å². The molecule has 1 aliphatic carbocycles. The normalized spacial score (nSPS) is 30.0. The van der Waals surface area contributed by atoms with Gasteiger partial charge in [-0.1, -0.05) is 6.42 Å². The Bertz CT molecular complexity index is 546. The first-order valence-corrected chi connectivity index (χ1v) is 9.89. The number of amides is 1. The summed E-state index contributed by atoms with van der Waals surface area (Å²) in [4.78, 5) is 25.6. The van der Waals surface area contributed by atoms with Crippen molar-refractivity contribution < 1.29 is 27.9 Å². The van der Waals surface area contributed by atoms with Crippen LogP contribution in [0.15, 0.2) is 0 Å². The number of carbonyl (C=O) groups is 2. The number of methoxy groups -OCH3 is 1. The van der Waals surface area contributed by atoms with E-state index in [9.17, 15) is 23.1 Å². The van der Waals surface area contributed by atoms with Gasteiger partial charge in [0.2, 0.25) is 5.91 Å². The van der Waals surface area contributed by atoms with Crippen molar-refractivity contribution in [2.24, 2.45) is 11.8 Å². The first-order chi connectivity index (χ1) is 10.8. The largest absolute Gasteiger partial charge is 0.481 e. The van der Waals surface area contributed by atoms with E-state index in [1.807, 2.05) is 0 Å². The number of sulfone groups is 1. The van der Waals surface area contributed by atoms with Gasteiger partial charge in [-0.05, 0) is 25.7 Å². The van der Waals surface area contributed by atoms with Gasteiger partial charge in [0.05, 0.1) is 24.0 Å². The molecule has 0 aromatic rings. The predicted molar refractivity (Wildman–Crippen MR) is 83.7 cm³/mol. The average molecular weight is 347 g/mol. The summed E-state index contributed by atoms with van der Waals surface area (Å²) in [6.07, 6.45) is 2.79. The van der Waals surface area contributed by atoms with Crippen LogP contribution < -0.4 is 0 Å². The topological polar surface area (TPSA) is 101 Å². The fourth-order valence-electron chi connectivity index (χ4n) is 3.56. The molecule has 1 aliphatic heterocycles. The van der Waals surface area contributed by atoms with Crippen LogP contribution in [0.3, 0.4) is 0 Å². The van der Waals surface area contributed by atoms with Crippen molar-refractivity contribution in [2.75, 3.05) is 31.8 Å². The molecule has 0 spiro atoms. The minimum Gasteiger partial charge on any atom is -0.481 e. The van der Waals surface area contributed by atoms with Crippen LogP contribution in [-0.4, -0.2) is 68.1 Å². The third-order valence-corrected chi connectivity index (χ3v) is 6.59. The number of hydrogen-bond acceptors (Lipinski definition) is 5. The first-order valence-electron chi connectivity index (χ1n) is 8.06. The van der Waals surface area contributed by atoms with Crippen molar-refractivity contribution in [3.05, 3.63) is 0 Å². The van der Waals surface area contributed by atoms with E-state index in [1.165, 1.54) is 7.11 Å². The molecule has 8 heteroatoms. The van der Waals surface area contributed by atoms with Crippen molar-refractivity contribution in [1.29, 1.82) is 0 Å². The fourth-order valence-corrected chi connectivity index (χ4v) is 5.29. The molecule has 0 aromatic heterocycles. The maximum atomic E-state index is 12.9. The second-order valence-electron chi connectivity index (χ2n) is 6.48. The van der Waals surface area contributed by atoms with Crippen LogP contribution in [0, 0.1) is 11.8 Å². The second kappa shape index (κ2) is 7.61. The molecule has 2 fully saturated rings. The van der Waals surface area contributed by atoms with Crippen molar-refractivity contribution in [2.45, 2.75) is 38.1 Å². The number of hydrogen-bond donors (Lipinski definition) is 1. The highest BCUT2D eigenvalue weighted by Gasteiger charge is 2.39. The lowest BCUT2D eigenvalue weighted by Gasteiger charge is -2.34.